The summed E-state index contributed by atoms with van der Waals surface area (Å²) in [5.74, 6) is -15.9. The van der Waals surface area contributed by atoms with Crippen LogP contribution < -0.4 is 70.0 Å². The summed E-state index contributed by atoms with van der Waals surface area (Å²) in [6.45, 7) is 0.109. The summed E-state index contributed by atoms with van der Waals surface area (Å²) in [6, 6.07) is 6.67. The van der Waals surface area contributed by atoms with E-state index in [0.29, 0.717) is 59.8 Å². The highest BCUT2D eigenvalue weighted by Crippen LogP contribution is 2.27. The Kier molecular flexibility index (Phi) is 32.4. The van der Waals surface area contributed by atoms with Crippen molar-refractivity contribution in [1.82, 2.24) is 63.5 Å². The molecule has 1 aliphatic carbocycles. The van der Waals surface area contributed by atoms with Crippen molar-refractivity contribution in [2.45, 2.75) is 164 Å². The molecule has 10 amide bonds. The zero-order valence-corrected chi connectivity index (χ0v) is 55.4. The van der Waals surface area contributed by atoms with Gasteiger partial charge < -0.3 is 100 Å². The Morgan fingerprint density at radius 1 is 0.535 bits per heavy atom. The number of phenolic OH excluding ortho intramolecular Hbond substituents is 1. The summed E-state index contributed by atoms with van der Waals surface area (Å²) in [7, 11) is 0. The van der Waals surface area contributed by atoms with Crippen LogP contribution in [0.5, 0.6) is 5.75 Å². The second-order valence-electron chi connectivity index (χ2n) is 23.9. The van der Waals surface area contributed by atoms with Gasteiger partial charge in [-0.25, -0.2) is 4.79 Å². The number of benzene rings is 3. The van der Waals surface area contributed by atoms with Gasteiger partial charge in [0.25, 0.3) is 0 Å². The van der Waals surface area contributed by atoms with Crippen molar-refractivity contribution in [3.05, 3.63) is 102 Å². The molecule has 1 saturated carbocycles. The van der Waals surface area contributed by atoms with Gasteiger partial charge in [-0.3, -0.25) is 62.9 Å². The minimum atomic E-state index is -1.84. The van der Waals surface area contributed by atoms with Crippen LogP contribution >= 0.6 is 12.6 Å². The van der Waals surface area contributed by atoms with Crippen LogP contribution in [-0.4, -0.2) is 199 Å². The molecule has 0 aliphatic heterocycles. The van der Waals surface area contributed by atoms with E-state index in [-0.39, 0.29) is 63.8 Å². The Labute approximate surface area is 574 Å². The molecule has 99 heavy (non-hydrogen) atoms. The van der Waals surface area contributed by atoms with Crippen LogP contribution in [0.15, 0.2) is 84.9 Å². The lowest BCUT2D eigenvalue weighted by molar-refractivity contribution is -0.147. The number of carboxylic acids is 3. The van der Waals surface area contributed by atoms with Crippen LogP contribution in [-0.2, 0) is 81.6 Å². The van der Waals surface area contributed by atoms with Gasteiger partial charge in [-0.15, -0.1) is 0 Å². The third-order valence-corrected chi connectivity index (χ3v) is 16.5. The molecule has 0 bridgehead atoms. The number of nitrogens with one attached hydrogen (secondary N) is 13. The zero-order valence-electron chi connectivity index (χ0n) is 54.5. The summed E-state index contributed by atoms with van der Waals surface area (Å²) in [4.78, 5) is 179. The highest BCUT2D eigenvalue weighted by Gasteiger charge is 2.39. The van der Waals surface area contributed by atoms with E-state index in [0.717, 1.165) is 13.3 Å². The van der Waals surface area contributed by atoms with Crippen molar-refractivity contribution < 1.29 is 87.9 Å². The number of aromatic hydroxyl groups is 1. The van der Waals surface area contributed by atoms with E-state index in [4.69, 9.17) is 16.9 Å². The van der Waals surface area contributed by atoms with Crippen molar-refractivity contribution in [2.75, 3.05) is 25.4 Å². The van der Waals surface area contributed by atoms with Crippen molar-refractivity contribution >= 4 is 106 Å². The average Bonchev–Trinajstić information content (AvgIpc) is 1.80. The second kappa shape index (κ2) is 40.4. The van der Waals surface area contributed by atoms with E-state index >= 15 is 0 Å². The maximum atomic E-state index is 14.9. The number of unbranched alkanes of at least 4 members (excludes halogenated alkanes) is 1. The van der Waals surface area contributed by atoms with Crippen LogP contribution in [0, 0.1) is 11.3 Å². The molecular weight excluding hydrogens is 1310 g/mol. The molecule has 1 fully saturated rings. The van der Waals surface area contributed by atoms with E-state index in [1.54, 1.807) is 60.7 Å². The van der Waals surface area contributed by atoms with Crippen LogP contribution in [0.25, 0.3) is 10.9 Å². The maximum absolute atomic E-state index is 14.9. The number of H-pyrrole nitrogens is 1. The normalized spacial score (nSPS) is 15.2. The summed E-state index contributed by atoms with van der Waals surface area (Å²) in [5, 5.41) is 85.1. The van der Waals surface area contributed by atoms with E-state index in [1.165, 1.54) is 24.3 Å². The lowest BCUT2D eigenvalue weighted by Crippen LogP contribution is -2.62. The molecule has 538 valence electrons. The molecular formula is C65H89N15O18S. The smallest absolute Gasteiger partial charge is 0.326 e. The fourth-order valence-corrected chi connectivity index (χ4v) is 11.3. The zero-order chi connectivity index (χ0) is 72.7. The van der Waals surface area contributed by atoms with Crippen molar-refractivity contribution in [1.29, 1.82) is 5.41 Å². The predicted molar refractivity (Wildman–Crippen MR) is 361 cm³/mol. The lowest BCUT2D eigenvalue weighted by atomic mass is 9.83. The maximum Gasteiger partial charge on any atom is 0.326 e. The topological polar surface area (TPSA) is 547 Å². The molecule has 5 rings (SSSR count). The van der Waals surface area contributed by atoms with Crippen molar-refractivity contribution in [2.24, 2.45) is 17.4 Å². The van der Waals surface area contributed by atoms with Gasteiger partial charge in [0.15, 0.2) is 5.96 Å². The third kappa shape index (κ3) is 26.9. The highest BCUT2D eigenvalue weighted by molar-refractivity contribution is 7.80. The number of guanidine groups is 1. The Morgan fingerprint density at radius 3 is 1.54 bits per heavy atom. The van der Waals surface area contributed by atoms with Gasteiger partial charge in [0, 0.05) is 49.7 Å². The number of fused-ring (bicyclic) bond motifs is 1. The van der Waals surface area contributed by atoms with Gasteiger partial charge in [-0.2, -0.15) is 12.6 Å². The van der Waals surface area contributed by atoms with Crippen LogP contribution in [0.3, 0.4) is 0 Å². The standard InChI is InChI=1S/C65H89N15O18S/c1-35(82)70-48(31-52(84)85)59(92)78-50(33-81)61(94)76-47(30-40-29-39-17-8-9-18-42(39)71-40)58(91)72-43(19-10-11-25-66)55(88)74-45(28-37-21-23-41(83)24-22-37)57(90)73-44(20-12-26-69-65(67)68)56(89)79-51(34-99)62(95)75-46(27-36-13-4-2-5-14-36)60(93)80-54(38-15-6-3-7-16-38)63(96)77-49(64(97)98)32-53(86)87/h2,4-5,8-9,13-14,17-18,21-24,29,38,43-51,54,71,81,83,99H,3,6-7,10-12,15-16,19-20,25-28,30-34,66H2,1H3,(H,70,82)(H,72,91)(H,73,90)(H,74,88)(H,75,95)(H,76,94)(H,77,96)(H,78,92)(H,79,89)(H,80,93)(H,84,85)(H,86,87)(H,97,98)(H4,67,68,69)/t43-,44+,45-,46-,47-,48-,49-,50-,51+,54-/m0/s1. The van der Waals surface area contributed by atoms with Crippen LogP contribution in [0.2, 0.25) is 0 Å². The van der Waals surface area contributed by atoms with Crippen molar-refractivity contribution in [3.63, 3.8) is 0 Å². The molecule has 0 spiro atoms. The quantitative estimate of drug-likeness (QED) is 0.00961. The average molecular weight is 1400 g/mol. The Bertz CT molecular complexity index is 3420. The van der Waals surface area contributed by atoms with Crippen LogP contribution in [0.4, 0.5) is 0 Å². The molecule has 1 aromatic heterocycles. The highest BCUT2D eigenvalue weighted by atomic mass is 32.1. The molecule has 3 aromatic carbocycles. The fraction of sp³-hybridized carbons (Fsp3) is 0.477. The molecule has 4 aromatic rings. The minimum Gasteiger partial charge on any atom is -0.508 e. The van der Waals surface area contributed by atoms with E-state index in [9.17, 15) is 87.9 Å². The number of aliphatic hydroxyl groups excluding tert-OH is 1. The van der Waals surface area contributed by atoms with Crippen molar-refractivity contribution in [3.8, 4) is 5.75 Å². The van der Waals surface area contributed by atoms with Crippen LogP contribution in [0.1, 0.15) is 101 Å². The molecule has 34 heteroatoms. The number of thiol groups is 1. The van der Waals surface area contributed by atoms with E-state index in [2.05, 4.69) is 76.1 Å². The van der Waals surface area contributed by atoms with E-state index in [1.807, 2.05) is 0 Å². The molecule has 22 N–H and O–H groups in total. The summed E-state index contributed by atoms with van der Waals surface area (Å²) in [6.07, 6.45) is 0.669. The van der Waals surface area contributed by atoms with Gasteiger partial charge in [0.2, 0.25) is 59.1 Å². The molecule has 1 heterocycles. The molecule has 0 saturated heterocycles. The number of rotatable bonds is 41. The number of para-hydroxylation sites is 1. The number of aliphatic hydroxyl groups is 1. The Balaban J connectivity index is 1.44. The van der Waals surface area contributed by atoms with Gasteiger partial charge in [0.05, 0.1) is 19.4 Å². The summed E-state index contributed by atoms with van der Waals surface area (Å²) < 4.78 is 0. The molecule has 0 radical (unpaired) electrons. The number of nitrogens with two attached hydrogens (primary N) is 2. The first-order chi connectivity index (χ1) is 47.2. The number of hydrogen-bond acceptors (Lipinski definition) is 18. The first kappa shape index (κ1) is 79.3. The van der Waals surface area contributed by atoms with Gasteiger partial charge in [0.1, 0.15) is 66.2 Å². The monoisotopic (exact) mass is 1400 g/mol. The number of aromatic amines is 1. The largest absolute Gasteiger partial charge is 0.508 e. The number of phenols is 1. The predicted octanol–water partition coefficient (Wildman–Crippen LogP) is -2.30. The molecule has 0 unspecified atom stereocenters. The number of amides is 10. The fourth-order valence-electron chi connectivity index (χ4n) is 11.0. The summed E-state index contributed by atoms with van der Waals surface area (Å²) in [5.41, 5.74) is 13.3. The number of carbonyl (C=O) groups is 13. The second-order valence-corrected chi connectivity index (χ2v) is 24.3. The molecule has 33 nitrogen and oxygen atoms in total. The molecule has 1 aliphatic rings. The third-order valence-electron chi connectivity index (χ3n) is 16.2. The number of carboxylic acid groups (broad SMARTS) is 3. The SMILES string of the molecule is CC(=O)N[C@@H](CC(=O)O)C(=O)N[C@@H](CO)C(=O)N[C@@H](Cc1cc2ccccc2[nH]1)C(=O)N[C@@H](CCCCN)C(=O)N[C@@H](Cc1ccc(O)cc1)C(=O)N[C@H](CCCNC(=N)N)C(=O)N[C@H](CS)C(=O)N[C@@H](Cc1ccccc1)C(=O)N[C@H](C(=O)N[C@@H](CC(=O)O)C(=O)O)C1CCCCC1. The first-order valence-corrected chi connectivity index (χ1v) is 32.9. The number of aliphatic carboxylic acids is 3. The van der Waals surface area contributed by atoms with Gasteiger partial charge in [-0.05, 0) is 98.2 Å². The van der Waals surface area contributed by atoms with E-state index < -0.39 is 174 Å². The summed E-state index contributed by atoms with van der Waals surface area (Å²) >= 11 is 4.36. The minimum absolute atomic E-state index is 0.00112. The van der Waals surface area contributed by atoms with Gasteiger partial charge in [-0.1, -0.05) is 79.9 Å². The number of carbonyl (C=O) groups excluding carboxylic acids is 10. The Hall–Kier alpha value is -10.3. The molecule has 10 atom stereocenters. The first-order valence-electron chi connectivity index (χ1n) is 32.2. The lowest BCUT2D eigenvalue weighted by Gasteiger charge is -2.32. The number of hydrogen-bond donors (Lipinski definition) is 21. The van der Waals surface area contributed by atoms with Gasteiger partial charge >= 0.3 is 17.9 Å². The Morgan fingerprint density at radius 2 is 1.00 bits per heavy atom. The number of aromatic nitrogens is 1.